The Bertz CT molecular complexity index is 284. The van der Waals surface area contributed by atoms with Crippen molar-refractivity contribution in [3.05, 3.63) is 29.0 Å². The van der Waals surface area contributed by atoms with Gasteiger partial charge in [0.15, 0.2) is 0 Å². The van der Waals surface area contributed by atoms with Gasteiger partial charge in [0, 0.05) is 13.2 Å². The minimum absolute atomic E-state index is 0.296. The minimum atomic E-state index is -0.515. The topological polar surface area (TPSA) is 53.4 Å². The number of halogens is 1. The summed E-state index contributed by atoms with van der Waals surface area (Å²) in [5, 5.41) is 9.57. The van der Waals surface area contributed by atoms with Gasteiger partial charge < -0.3 is 0 Å². The molecule has 1 heterocycles. The lowest BCUT2D eigenvalue weighted by Crippen LogP contribution is -2.22. The molecule has 0 fully saturated rings. The Morgan fingerprint density at radius 2 is 2.33 bits per heavy atom. The Hall–Kier alpha value is -1.13. The van der Waals surface area contributed by atoms with Gasteiger partial charge in [-0.05, 0) is 12.1 Å². The maximum atomic E-state index is 11.0. The van der Waals surface area contributed by atoms with Crippen LogP contribution in [-0.2, 0) is 0 Å². The van der Waals surface area contributed by atoms with E-state index in [4.69, 9.17) is 16.8 Å². The first-order chi connectivity index (χ1) is 5.61. The van der Waals surface area contributed by atoms with Gasteiger partial charge in [-0.1, -0.05) is 11.6 Å². The van der Waals surface area contributed by atoms with E-state index in [2.05, 4.69) is 4.98 Å². The van der Waals surface area contributed by atoms with E-state index in [1.54, 1.807) is 0 Å². The van der Waals surface area contributed by atoms with Gasteiger partial charge in [-0.25, -0.2) is 10.0 Å². The maximum Gasteiger partial charge on any atom is 0.278 e. The van der Waals surface area contributed by atoms with E-state index >= 15 is 0 Å². The third-order valence-electron chi connectivity index (χ3n) is 1.27. The molecule has 5 heteroatoms. The van der Waals surface area contributed by atoms with Crippen LogP contribution in [0.1, 0.15) is 10.4 Å². The highest BCUT2D eigenvalue weighted by Gasteiger charge is 2.08. The molecule has 1 aromatic heterocycles. The van der Waals surface area contributed by atoms with Crippen molar-refractivity contribution in [1.82, 2.24) is 10.0 Å². The highest BCUT2D eigenvalue weighted by Crippen LogP contribution is 2.06. The molecule has 1 amide bonds. The fraction of sp³-hybridized carbons (Fsp3) is 0.143. The normalized spacial score (nSPS) is 9.58. The molecule has 1 N–H and O–H groups in total. The SMILES string of the molecule is CN(O)C(=O)c1ccc(Cl)nc1. The zero-order valence-electron chi connectivity index (χ0n) is 6.36. The van der Waals surface area contributed by atoms with Crippen LogP contribution < -0.4 is 0 Å². The number of hydroxylamine groups is 2. The number of pyridine rings is 1. The van der Waals surface area contributed by atoms with E-state index in [0.29, 0.717) is 15.8 Å². The molecule has 0 aromatic carbocycles. The smallest absolute Gasteiger partial charge is 0.278 e. The average Bonchev–Trinajstić information content (AvgIpc) is 2.04. The monoisotopic (exact) mass is 186 g/mol. The second-order valence-electron chi connectivity index (χ2n) is 2.20. The van der Waals surface area contributed by atoms with Gasteiger partial charge in [0.1, 0.15) is 5.15 Å². The van der Waals surface area contributed by atoms with Crippen molar-refractivity contribution in [2.24, 2.45) is 0 Å². The Balaban J connectivity index is 2.90. The first-order valence-electron chi connectivity index (χ1n) is 3.20. The number of amides is 1. The summed E-state index contributed by atoms with van der Waals surface area (Å²) in [6, 6.07) is 2.97. The molecule has 12 heavy (non-hydrogen) atoms. The summed E-state index contributed by atoms with van der Waals surface area (Å²) in [6.07, 6.45) is 1.30. The van der Waals surface area contributed by atoms with Crippen LogP contribution in [0.5, 0.6) is 0 Å². The lowest BCUT2D eigenvalue weighted by atomic mass is 10.3. The van der Waals surface area contributed by atoms with Gasteiger partial charge >= 0.3 is 0 Å². The molecule has 1 aromatic rings. The van der Waals surface area contributed by atoms with E-state index in [0.717, 1.165) is 0 Å². The van der Waals surface area contributed by atoms with Crippen molar-refractivity contribution >= 4 is 17.5 Å². The Morgan fingerprint density at radius 1 is 1.67 bits per heavy atom. The van der Waals surface area contributed by atoms with Crippen LogP contribution in [0.4, 0.5) is 0 Å². The van der Waals surface area contributed by atoms with Crippen molar-refractivity contribution in [2.45, 2.75) is 0 Å². The van der Waals surface area contributed by atoms with Gasteiger partial charge in [-0.15, -0.1) is 0 Å². The second kappa shape index (κ2) is 3.51. The third-order valence-corrected chi connectivity index (χ3v) is 1.49. The predicted molar refractivity (Wildman–Crippen MR) is 43.1 cm³/mol. The Kier molecular flexibility index (Phi) is 2.62. The molecule has 0 aliphatic carbocycles. The molecule has 0 saturated heterocycles. The number of hydrogen-bond donors (Lipinski definition) is 1. The number of nitrogens with zero attached hydrogens (tertiary/aromatic N) is 2. The third kappa shape index (κ3) is 1.93. The van der Waals surface area contributed by atoms with Crippen LogP contribution in [0.2, 0.25) is 5.15 Å². The molecule has 64 valence electrons. The zero-order valence-corrected chi connectivity index (χ0v) is 7.12. The number of aromatic nitrogens is 1. The summed E-state index contributed by atoms with van der Waals surface area (Å²) in [6.45, 7) is 0. The lowest BCUT2D eigenvalue weighted by molar-refractivity contribution is -0.0375. The van der Waals surface area contributed by atoms with Crippen molar-refractivity contribution in [2.75, 3.05) is 7.05 Å². The van der Waals surface area contributed by atoms with E-state index in [1.807, 2.05) is 0 Å². The number of carbonyl (C=O) groups excluding carboxylic acids is 1. The van der Waals surface area contributed by atoms with E-state index in [-0.39, 0.29) is 0 Å². The molecule has 0 radical (unpaired) electrons. The molecular weight excluding hydrogens is 180 g/mol. The summed E-state index contributed by atoms with van der Waals surface area (Å²) in [5.41, 5.74) is 0.296. The van der Waals surface area contributed by atoms with Gasteiger partial charge in [0.2, 0.25) is 0 Å². The van der Waals surface area contributed by atoms with Crippen LogP contribution in [0.25, 0.3) is 0 Å². The van der Waals surface area contributed by atoms with Crippen molar-refractivity contribution in [1.29, 1.82) is 0 Å². The van der Waals surface area contributed by atoms with Crippen LogP contribution in [-0.4, -0.2) is 28.2 Å². The molecule has 0 unspecified atom stereocenters. The largest absolute Gasteiger partial charge is 0.286 e. The number of rotatable bonds is 1. The van der Waals surface area contributed by atoms with Crippen molar-refractivity contribution < 1.29 is 10.0 Å². The quantitative estimate of drug-likeness (QED) is 0.407. The maximum absolute atomic E-state index is 11.0. The molecule has 0 atom stereocenters. The van der Waals surface area contributed by atoms with Gasteiger partial charge in [0.05, 0.1) is 5.56 Å². The lowest BCUT2D eigenvalue weighted by Gasteiger charge is -2.06. The summed E-state index contributed by atoms with van der Waals surface area (Å²) >= 11 is 5.50. The van der Waals surface area contributed by atoms with E-state index in [9.17, 15) is 4.79 Å². The molecular formula is C7H7ClN2O2. The van der Waals surface area contributed by atoms with E-state index in [1.165, 1.54) is 25.4 Å². The molecule has 1 rings (SSSR count). The summed E-state index contributed by atoms with van der Waals surface area (Å²) in [7, 11) is 1.25. The summed E-state index contributed by atoms with van der Waals surface area (Å²) in [5.74, 6) is -0.515. The standard InChI is InChI=1S/C7H7ClN2O2/c1-10(12)7(11)5-2-3-6(8)9-4-5/h2-4,12H,1H3. The number of hydrogen-bond acceptors (Lipinski definition) is 3. The Morgan fingerprint density at radius 3 is 2.75 bits per heavy atom. The molecule has 0 aliphatic rings. The molecule has 4 nitrogen and oxygen atoms in total. The summed E-state index contributed by atoms with van der Waals surface area (Å²) in [4.78, 5) is 14.7. The molecule has 0 aliphatic heterocycles. The first-order valence-corrected chi connectivity index (χ1v) is 3.57. The predicted octanol–water partition coefficient (Wildman–Crippen LogP) is 1.20. The van der Waals surface area contributed by atoms with Crippen molar-refractivity contribution in [3.8, 4) is 0 Å². The van der Waals surface area contributed by atoms with Gasteiger partial charge in [-0.3, -0.25) is 10.0 Å². The van der Waals surface area contributed by atoms with Crippen LogP contribution in [0.3, 0.4) is 0 Å². The highest BCUT2D eigenvalue weighted by molar-refractivity contribution is 6.29. The summed E-state index contributed by atoms with van der Waals surface area (Å²) < 4.78 is 0. The molecule has 0 spiro atoms. The molecule has 0 saturated carbocycles. The van der Waals surface area contributed by atoms with Crippen LogP contribution in [0, 0.1) is 0 Å². The van der Waals surface area contributed by atoms with Crippen molar-refractivity contribution in [3.63, 3.8) is 0 Å². The van der Waals surface area contributed by atoms with E-state index < -0.39 is 5.91 Å². The number of carbonyl (C=O) groups is 1. The fourth-order valence-corrected chi connectivity index (χ4v) is 0.801. The fourth-order valence-electron chi connectivity index (χ4n) is 0.689. The zero-order chi connectivity index (χ0) is 9.14. The van der Waals surface area contributed by atoms with Gasteiger partial charge in [0.25, 0.3) is 5.91 Å². The second-order valence-corrected chi connectivity index (χ2v) is 2.59. The van der Waals surface area contributed by atoms with Crippen LogP contribution in [0.15, 0.2) is 18.3 Å². The van der Waals surface area contributed by atoms with Crippen LogP contribution >= 0.6 is 11.6 Å². The minimum Gasteiger partial charge on any atom is -0.286 e. The highest BCUT2D eigenvalue weighted by atomic mass is 35.5. The average molecular weight is 187 g/mol. The molecule has 0 bridgehead atoms. The Labute approximate surface area is 74.4 Å². The first kappa shape index (κ1) is 8.96. The van der Waals surface area contributed by atoms with Gasteiger partial charge in [-0.2, -0.15) is 0 Å².